The molecule has 0 radical (unpaired) electrons. The molecule has 1 heterocycles. The second-order valence-corrected chi connectivity index (χ2v) is 6.77. The Morgan fingerprint density at radius 3 is 2.62 bits per heavy atom. The van der Waals surface area contributed by atoms with Gasteiger partial charge in [0.25, 0.3) is 11.1 Å². The van der Waals surface area contributed by atoms with Crippen molar-refractivity contribution in [3.63, 3.8) is 0 Å². The average Bonchev–Trinajstić information content (AvgIpc) is 2.85. The summed E-state index contributed by atoms with van der Waals surface area (Å²) in [5.74, 6) is 0.185. The van der Waals surface area contributed by atoms with Crippen LogP contribution in [0.1, 0.15) is 11.1 Å². The van der Waals surface area contributed by atoms with E-state index < -0.39 is 5.91 Å². The van der Waals surface area contributed by atoms with Crippen molar-refractivity contribution in [2.75, 3.05) is 0 Å². The van der Waals surface area contributed by atoms with Crippen molar-refractivity contribution >= 4 is 52.2 Å². The van der Waals surface area contributed by atoms with Gasteiger partial charge in [-0.05, 0) is 36.0 Å². The third kappa shape index (κ3) is 3.93. The van der Waals surface area contributed by atoms with Crippen LogP contribution < -0.4 is 10.1 Å². The van der Waals surface area contributed by atoms with Crippen LogP contribution in [0.25, 0.3) is 6.08 Å². The van der Waals surface area contributed by atoms with Crippen molar-refractivity contribution in [2.45, 2.75) is 6.61 Å². The first-order chi connectivity index (χ1) is 11.5. The number of rotatable bonds is 4. The molecule has 24 heavy (non-hydrogen) atoms. The number of ether oxygens (including phenoxy) is 1. The van der Waals surface area contributed by atoms with E-state index in [1.165, 1.54) is 0 Å². The molecular formula is C17H11Cl2NO3S. The number of carbonyl (C=O) groups is 2. The van der Waals surface area contributed by atoms with Gasteiger partial charge in [0.05, 0.1) is 4.91 Å². The number of imide groups is 1. The highest BCUT2D eigenvalue weighted by atomic mass is 35.5. The van der Waals surface area contributed by atoms with Gasteiger partial charge < -0.3 is 4.74 Å². The maximum Gasteiger partial charge on any atom is 0.290 e. The molecule has 2 aromatic carbocycles. The van der Waals surface area contributed by atoms with Crippen LogP contribution in [0.2, 0.25) is 10.0 Å². The van der Waals surface area contributed by atoms with Crippen molar-refractivity contribution in [3.8, 4) is 5.75 Å². The van der Waals surface area contributed by atoms with Crippen molar-refractivity contribution in [1.82, 2.24) is 5.32 Å². The maximum atomic E-state index is 11.7. The van der Waals surface area contributed by atoms with Crippen LogP contribution in [0.3, 0.4) is 0 Å². The number of benzene rings is 2. The first-order valence-electron chi connectivity index (χ1n) is 6.93. The Morgan fingerprint density at radius 2 is 1.92 bits per heavy atom. The van der Waals surface area contributed by atoms with Gasteiger partial charge in [-0.1, -0.05) is 47.5 Å². The zero-order valence-electron chi connectivity index (χ0n) is 12.2. The molecule has 1 saturated heterocycles. The Morgan fingerprint density at radius 1 is 1.12 bits per heavy atom. The highest BCUT2D eigenvalue weighted by Gasteiger charge is 2.25. The highest BCUT2D eigenvalue weighted by molar-refractivity contribution is 8.18. The molecule has 1 fully saturated rings. The molecule has 0 bridgehead atoms. The summed E-state index contributed by atoms with van der Waals surface area (Å²) in [6.45, 7) is 0.258. The second-order valence-electron chi connectivity index (χ2n) is 4.91. The van der Waals surface area contributed by atoms with Crippen molar-refractivity contribution in [3.05, 3.63) is 68.5 Å². The Bertz CT molecular complexity index is 851. The molecule has 2 aromatic rings. The summed E-state index contributed by atoms with van der Waals surface area (Å²) in [4.78, 5) is 23.2. The Hall–Kier alpha value is -1.95. The largest absolute Gasteiger partial charge is 0.488 e. The minimum Gasteiger partial charge on any atom is -0.488 e. The van der Waals surface area contributed by atoms with E-state index in [2.05, 4.69) is 5.32 Å². The number of hydrogen-bond acceptors (Lipinski definition) is 4. The summed E-state index contributed by atoms with van der Waals surface area (Å²) >= 11 is 12.9. The molecule has 0 aromatic heterocycles. The SMILES string of the molecule is O=C1NC(=O)/C(=C/c2ccccc2OCc2ccc(Cl)cc2Cl)S1. The number of carbonyl (C=O) groups excluding carboxylic acids is 2. The van der Waals surface area contributed by atoms with Crippen LogP contribution in [-0.2, 0) is 11.4 Å². The molecule has 3 rings (SSSR count). The van der Waals surface area contributed by atoms with Gasteiger partial charge in [0.15, 0.2) is 0 Å². The predicted molar refractivity (Wildman–Crippen MR) is 96.3 cm³/mol. The van der Waals surface area contributed by atoms with Crippen LogP contribution in [0.5, 0.6) is 5.75 Å². The number of hydrogen-bond donors (Lipinski definition) is 1. The smallest absolute Gasteiger partial charge is 0.290 e. The normalized spacial score (nSPS) is 15.7. The van der Waals surface area contributed by atoms with E-state index in [0.29, 0.717) is 26.3 Å². The first kappa shape index (κ1) is 16.9. The molecule has 7 heteroatoms. The van der Waals surface area contributed by atoms with Crippen LogP contribution in [0.15, 0.2) is 47.4 Å². The molecule has 1 aliphatic heterocycles. The molecule has 0 unspecified atom stereocenters. The van der Waals surface area contributed by atoms with Crippen molar-refractivity contribution in [1.29, 1.82) is 0 Å². The summed E-state index contributed by atoms with van der Waals surface area (Å²) in [6.07, 6.45) is 1.63. The van der Waals surface area contributed by atoms with Gasteiger partial charge in [-0.3, -0.25) is 14.9 Å². The molecule has 1 N–H and O–H groups in total. The van der Waals surface area contributed by atoms with Crippen LogP contribution in [-0.4, -0.2) is 11.1 Å². The van der Waals surface area contributed by atoms with Gasteiger partial charge in [0.2, 0.25) is 0 Å². The van der Waals surface area contributed by atoms with Crippen molar-refractivity contribution in [2.24, 2.45) is 0 Å². The lowest BCUT2D eigenvalue weighted by molar-refractivity contribution is -0.115. The van der Waals surface area contributed by atoms with Crippen LogP contribution in [0, 0.1) is 0 Å². The lowest BCUT2D eigenvalue weighted by atomic mass is 10.2. The monoisotopic (exact) mass is 379 g/mol. The van der Waals surface area contributed by atoms with E-state index in [9.17, 15) is 9.59 Å². The quantitative estimate of drug-likeness (QED) is 0.767. The third-order valence-electron chi connectivity index (χ3n) is 3.25. The first-order valence-corrected chi connectivity index (χ1v) is 8.51. The summed E-state index contributed by atoms with van der Waals surface area (Å²) in [7, 11) is 0. The lowest BCUT2D eigenvalue weighted by Crippen LogP contribution is -2.17. The van der Waals surface area contributed by atoms with E-state index in [1.54, 1.807) is 30.3 Å². The number of nitrogens with one attached hydrogen (secondary N) is 1. The van der Waals surface area contributed by atoms with Gasteiger partial charge in [-0.15, -0.1) is 0 Å². The fraction of sp³-hybridized carbons (Fsp3) is 0.0588. The summed E-state index contributed by atoms with van der Waals surface area (Å²) in [5.41, 5.74) is 1.50. The summed E-state index contributed by atoms with van der Waals surface area (Å²) < 4.78 is 5.82. The molecule has 0 saturated carbocycles. The lowest BCUT2D eigenvalue weighted by Gasteiger charge is -2.11. The predicted octanol–water partition coefficient (Wildman–Crippen LogP) is 4.90. The van der Waals surface area contributed by atoms with E-state index >= 15 is 0 Å². The van der Waals surface area contributed by atoms with Crippen LogP contribution in [0.4, 0.5) is 4.79 Å². The molecule has 0 aliphatic carbocycles. The second kappa shape index (κ2) is 7.30. The topological polar surface area (TPSA) is 55.4 Å². The van der Waals surface area contributed by atoms with Gasteiger partial charge >= 0.3 is 0 Å². The Kier molecular flexibility index (Phi) is 5.14. The molecule has 122 valence electrons. The molecule has 0 spiro atoms. The molecule has 0 atom stereocenters. The maximum absolute atomic E-state index is 11.7. The van der Waals surface area contributed by atoms with Gasteiger partial charge in [0.1, 0.15) is 12.4 Å². The van der Waals surface area contributed by atoms with Gasteiger partial charge in [-0.25, -0.2) is 0 Å². The molecule has 4 nitrogen and oxygen atoms in total. The van der Waals surface area contributed by atoms with Gasteiger partial charge in [0, 0.05) is 21.2 Å². The van der Waals surface area contributed by atoms with E-state index in [1.807, 2.05) is 18.2 Å². The minimum absolute atomic E-state index is 0.258. The highest BCUT2D eigenvalue weighted by Crippen LogP contribution is 2.30. The standard InChI is InChI=1S/C17H11Cl2NO3S/c18-12-6-5-11(13(19)8-12)9-23-14-4-2-1-3-10(14)7-15-16(21)20-17(22)24-15/h1-8H,9H2,(H,20,21,22)/b15-7-. The molecule has 1 aliphatic rings. The minimum atomic E-state index is -0.402. The fourth-order valence-electron chi connectivity index (χ4n) is 2.09. The zero-order valence-corrected chi connectivity index (χ0v) is 14.5. The number of para-hydroxylation sites is 1. The average molecular weight is 380 g/mol. The van der Waals surface area contributed by atoms with E-state index in [-0.39, 0.29) is 11.8 Å². The number of amides is 2. The fourth-order valence-corrected chi connectivity index (χ4v) is 3.22. The molecular weight excluding hydrogens is 369 g/mol. The summed E-state index contributed by atoms with van der Waals surface area (Å²) in [5, 5.41) is 2.93. The Labute approximate surface area is 152 Å². The van der Waals surface area contributed by atoms with Crippen molar-refractivity contribution < 1.29 is 14.3 Å². The number of thioether (sulfide) groups is 1. The van der Waals surface area contributed by atoms with Crippen LogP contribution >= 0.6 is 35.0 Å². The van der Waals surface area contributed by atoms with E-state index in [0.717, 1.165) is 17.3 Å². The van der Waals surface area contributed by atoms with E-state index in [4.69, 9.17) is 27.9 Å². The zero-order chi connectivity index (χ0) is 17.1. The van der Waals surface area contributed by atoms with Gasteiger partial charge in [-0.2, -0.15) is 0 Å². The third-order valence-corrected chi connectivity index (χ3v) is 4.64. The Balaban J connectivity index is 1.81. The number of halogens is 2. The summed E-state index contributed by atoms with van der Waals surface area (Å²) in [6, 6.07) is 12.4. The molecule has 2 amide bonds.